The Morgan fingerprint density at radius 3 is 2.06 bits per heavy atom. The van der Waals surface area contributed by atoms with Gasteiger partial charge in [0, 0.05) is 39.8 Å². The van der Waals surface area contributed by atoms with Gasteiger partial charge in [0.1, 0.15) is 23.7 Å². The Morgan fingerprint density at radius 2 is 1.51 bits per heavy atom. The van der Waals surface area contributed by atoms with Crippen LogP contribution in [0.4, 0.5) is 27.5 Å². The van der Waals surface area contributed by atoms with Gasteiger partial charge in [-0.3, -0.25) is 45.3 Å². The number of hydrogen-bond acceptors (Lipinski definition) is 19. The van der Waals surface area contributed by atoms with Crippen molar-refractivity contribution in [3.63, 3.8) is 0 Å². The number of nitro groups is 4. The predicted molar refractivity (Wildman–Crippen MR) is 220 cm³/mol. The molecule has 3 aliphatic rings. The minimum Gasteiger partial charge on any atom is -0.457 e. The molecule has 332 valence electrons. The van der Waals surface area contributed by atoms with E-state index in [-0.39, 0.29) is 35.5 Å². The summed E-state index contributed by atoms with van der Waals surface area (Å²) in [5.41, 5.74) is -8.05. The highest BCUT2D eigenvalue weighted by Gasteiger charge is 2.51. The van der Waals surface area contributed by atoms with Gasteiger partial charge in [-0.1, -0.05) is 12.1 Å². The molecule has 0 saturated heterocycles. The average molecular weight is 894 g/mol. The monoisotopic (exact) mass is 893 g/mol. The van der Waals surface area contributed by atoms with Gasteiger partial charge in [-0.05, 0) is 64.4 Å². The van der Waals surface area contributed by atoms with Gasteiger partial charge in [0.25, 0.3) is 28.3 Å². The van der Waals surface area contributed by atoms with Crippen molar-refractivity contribution in [3.8, 4) is 28.3 Å². The third-order valence-electron chi connectivity index (χ3n) is 10.7. The van der Waals surface area contributed by atoms with Crippen molar-refractivity contribution in [1.82, 2.24) is 9.55 Å². The van der Waals surface area contributed by atoms with E-state index in [0.29, 0.717) is 34.3 Å². The maximum Gasteiger partial charge on any atom is 0.514 e. The van der Waals surface area contributed by atoms with Crippen LogP contribution in [0.2, 0.25) is 0 Å². The number of rotatable bonds is 10. The van der Waals surface area contributed by atoms with Crippen molar-refractivity contribution in [3.05, 3.63) is 133 Å². The van der Waals surface area contributed by atoms with Crippen molar-refractivity contribution in [1.29, 1.82) is 0 Å². The Balaban J connectivity index is 1.15. The second-order valence-electron chi connectivity index (χ2n) is 15.9. The molecule has 1 aliphatic carbocycles. The van der Waals surface area contributed by atoms with E-state index in [1.54, 1.807) is 39.0 Å². The average Bonchev–Trinajstić information content (AvgIpc) is 3.76. The largest absolute Gasteiger partial charge is 0.514 e. The number of benzene rings is 3. The SMILES string of the molecule is CC[C@@]1(OC(=O)[C@H](C)ON=C2c3cc([N+](=O)[O-])cc([N+](=O)[O-])c3-c3c2cc([N+](=O)[O-])cc3[N+](=O)[O-])C(=O)OCc2c1cc1n(c2=O)Cc2cc3cc(OC(=O)OC(C)(C)C)ccc3nc2-1. The summed E-state index contributed by atoms with van der Waals surface area (Å²) in [6, 6.07) is 10.7. The van der Waals surface area contributed by atoms with Crippen LogP contribution in [0, 0.1) is 40.5 Å². The van der Waals surface area contributed by atoms with E-state index in [1.165, 1.54) is 23.6 Å². The molecule has 0 amide bonds. The molecule has 2 aromatic heterocycles. The summed E-state index contributed by atoms with van der Waals surface area (Å²) in [7, 11) is 0. The predicted octanol–water partition coefficient (Wildman–Crippen LogP) is 6.42. The number of nitro benzene ring substituents is 4. The van der Waals surface area contributed by atoms with Crippen LogP contribution >= 0.6 is 0 Å². The van der Waals surface area contributed by atoms with Gasteiger partial charge in [0.05, 0.1) is 72.0 Å². The molecule has 8 rings (SSSR count). The van der Waals surface area contributed by atoms with E-state index >= 15 is 0 Å². The molecule has 24 heteroatoms. The lowest BCUT2D eigenvalue weighted by Crippen LogP contribution is -2.48. The fourth-order valence-electron chi connectivity index (χ4n) is 7.85. The molecule has 5 aromatic rings. The van der Waals surface area contributed by atoms with Crippen LogP contribution in [0.3, 0.4) is 0 Å². The zero-order valence-corrected chi connectivity index (χ0v) is 34.5. The molecule has 2 atom stereocenters. The van der Waals surface area contributed by atoms with Gasteiger partial charge < -0.3 is 28.4 Å². The van der Waals surface area contributed by atoms with Crippen molar-refractivity contribution >= 4 is 57.5 Å². The molecule has 0 fully saturated rings. The molecule has 65 heavy (non-hydrogen) atoms. The van der Waals surface area contributed by atoms with Gasteiger partial charge in [-0.25, -0.2) is 19.4 Å². The molecule has 0 radical (unpaired) electrons. The van der Waals surface area contributed by atoms with Crippen LogP contribution in [0.15, 0.2) is 64.5 Å². The number of oxime groups is 1. The summed E-state index contributed by atoms with van der Waals surface area (Å²) in [5.74, 6) is -2.13. The Hall–Kier alpha value is -8.70. The summed E-state index contributed by atoms with van der Waals surface area (Å²) in [5, 5.41) is 52.5. The Labute approximate surface area is 362 Å². The summed E-state index contributed by atoms with van der Waals surface area (Å²) < 4.78 is 23.2. The number of fused-ring (bicyclic) bond motifs is 8. The number of aromatic nitrogens is 2. The maximum atomic E-state index is 14.1. The highest BCUT2D eigenvalue weighted by molar-refractivity contribution is 6.27. The Morgan fingerprint density at radius 1 is 0.892 bits per heavy atom. The summed E-state index contributed by atoms with van der Waals surface area (Å²) in [6.45, 7) is 7.25. The van der Waals surface area contributed by atoms with Crippen LogP contribution in [0.25, 0.3) is 33.4 Å². The number of esters is 2. The van der Waals surface area contributed by atoms with E-state index in [4.69, 9.17) is 28.8 Å². The number of cyclic esters (lactones) is 1. The third kappa shape index (κ3) is 7.24. The van der Waals surface area contributed by atoms with E-state index in [1.807, 2.05) is 0 Å². The maximum absolute atomic E-state index is 14.1. The van der Waals surface area contributed by atoms with Crippen molar-refractivity contribution in [2.75, 3.05) is 0 Å². The molecule has 0 unspecified atom stereocenters. The quantitative estimate of drug-likeness (QED) is 0.0470. The van der Waals surface area contributed by atoms with E-state index < -0.39 is 118 Å². The van der Waals surface area contributed by atoms with Crippen molar-refractivity contribution in [2.45, 2.75) is 71.5 Å². The molecular weight excluding hydrogens is 862 g/mol. The number of hydrogen-bond donors (Lipinski definition) is 0. The number of pyridine rings is 2. The Kier molecular flexibility index (Phi) is 10.1. The molecule has 24 nitrogen and oxygen atoms in total. The van der Waals surface area contributed by atoms with Crippen LogP contribution in [0.5, 0.6) is 5.75 Å². The number of ether oxygens (including phenoxy) is 4. The zero-order chi connectivity index (χ0) is 47.0. The van der Waals surface area contributed by atoms with Crippen molar-refractivity contribution < 1.29 is 57.9 Å². The normalized spacial score (nSPS) is 15.9. The van der Waals surface area contributed by atoms with E-state index in [2.05, 4.69) is 5.16 Å². The standard InChI is InChI=1S/C41H31N7O17/c1-6-41(27-15-31-34-20(16-44(31)36(49)26(27)17-61-38(41)51)9-19-10-23(7-8-28(19)42-34)62-39(52)64-40(3,4)5)63-37(50)18(2)65-43-35-24-11-21(45(53)54)13-29(47(57)58)32(24)33-25(35)12-22(46(55)56)14-30(33)48(59)60/h7-15,18H,6,16-17H2,1-5H3/t18-,41-/m0/s1. The molecular formula is C41H31N7O17. The lowest BCUT2D eigenvalue weighted by atomic mass is 9.85. The first-order chi connectivity index (χ1) is 30.6. The fraction of sp³-hybridized carbons (Fsp3) is 0.268. The molecule has 2 aliphatic heterocycles. The number of non-ortho nitro benzene ring substituents is 2. The van der Waals surface area contributed by atoms with Gasteiger partial charge in [0.2, 0.25) is 11.7 Å². The van der Waals surface area contributed by atoms with Crippen LogP contribution in [0.1, 0.15) is 68.9 Å². The lowest BCUT2D eigenvalue weighted by Gasteiger charge is -2.36. The van der Waals surface area contributed by atoms with Gasteiger partial charge >= 0.3 is 18.1 Å². The molecule has 0 saturated carbocycles. The van der Waals surface area contributed by atoms with Crippen molar-refractivity contribution in [2.24, 2.45) is 5.16 Å². The van der Waals surface area contributed by atoms with E-state index in [9.17, 15) is 59.6 Å². The van der Waals surface area contributed by atoms with Crippen LogP contribution < -0.4 is 10.3 Å². The number of carbonyl (C=O) groups is 3. The number of carbonyl (C=O) groups excluding carboxylic acids is 3. The van der Waals surface area contributed by atoms with E-state index in [0.717, 1.165) is 19.1 Å². The van der Waals surface area contributed by atoms with Crippen LogP contribution in [-0.2, 0) is 47.4 Å². The second-order valence-corrected chi connectivity index (χ2v) is 15.9. The van der Waals surface area contributed by atoms with Gasteiger partial charge in [-0.15, -0.1) is 0 Å². The first-order valence-corrected chi connectivity index (χ1v) is 19.3. The minimum atomic E-state index is -2.24. The summed E-state index contributed by atoms with van der Waals surface area (Å²) in [6.07, 6.45) is -2.96. The topological polar surface area (TPSA) is 317 Å². The molecule has 0 spiro atoms. The molecule has 3 aromatic carbocycles. The summed E-state index contributed by atoms with van der Waals surface area (Å²) >= 11 is 0. The molecule has 4 heterocycles. The van der Waals surface area contributed by atoms with Gasteiger partial charge in [0.15, 0.2) is 0 Å². The smallest absolute Gasteiger partial charge is 0.457 e. The lowest BCUT2D eigenvalue weighted by molar-refractivity contribution is -0.395. The minimum absolute atomic E-state index is 0.00638. The second kappa shape index (κ2) is 15.3. The summed E-state index contributed by atoms with van der Waals surface area (Å²) in [4.78, 5) is 108. The number of nitrogens with zero attached hydrogens (tertiary/aromatic N) is 7. The highest BCUT2D eigenvalue weighted by atomic mass is 16.7. The Bertz CT molecular complexity index is 3050. The first-order valence-electron chi connectivity index (χ1n) is 19.3. The molecule has 0 bridgehead atoms. The van der Waals surface area contributed by atoms with Crippen LogP contribution in [-0.4, -0.2) is 64.8 Å². The highest BCUT2D eigenvalue weighted by Crippen LogP contribution is 2.50. The molecule has 0 N–H and O–H groups in total. The fourth-order valence-corrected chi connectivity index (χ4v) is 7.85. The first kappa shape index (κ1) is 43.0. The zero-order valence-electron chi connectivity index (χ0n) is 34.5. The van der Waals surface area contributed by atoms with Gasteiger partial charge in [-0.2, -0.15) is 0 Å². The third-order valence-corrected chi connectivity index (χ3v) is 10.7.